The third-order valence-corrected chi connectivity index (χ3v) is 1.87. The molecule has 0 aromatic carbocycles. The molecule has 0 aliphatic carbocycles. The van der Waals surface area contributed by atoms with Gasteiger partial charge in [-0.2, -0.15) is 0 Å². The molecule has 3 N–H and O–H groups in total. The number of amides is 1. The zero-order chi connectivity index (χ0) is 7.61. The summed E-state index contributed by atoms with van der Waals surface area (Å²) in [6, 6.07) is 0. The van der Waals surface area contributed by atoms with Crippen LogP contribution in [-0.4, -0.2) is 35.9 Å². The van der Waals surface area contributed by atoms with E-state index in [-0.39, 0.29) is 25.5 Å². The van der Waals surface area contributed by atoms with Crippen LogP contribution < -0.4 is 5.32 Å². The Morgan fingerprint density at radius 1 is 1.50 bits per heavy atom. The maximum atomic E-state index is 10.6. The van der Waals surface area contributed by atoms with Gasteiger partial charge in [0, 0.05) is 18.4 Å². The number of carbonyl (C=O) groups excluding carboxylic acids is 1. The van der Waals surface area contributed by atoms with E-state index < -0.39 is 5.41 Å². The van der Waals surface area contributed by atoms with E-state index in [1.807, 2.05) is 0 Å². The Kier molecular flexibility index (Phi) is 1.92. The molecule has 1 saturated heterocycles. The molecule has 0 bridgehead atoms. The Balaban J connectivity index is 2.59. The largest absolute Gasteiger partial charge is 0.396 e. The fraction of sp³-hybridized carbons (Fsp3) is 0.833. The van der Waals surface area contributed by atoms with Crippen molar-refractivity contribution in [2.75, 3.05) is 19.8 Å². The molecule has 1 aliphatic rings. The predicted molar refractivity (Wildman–Crippen MR) is 34.2 cm³/mol. The predicted octanol–water partition coefficient (Wildman–Crippen LogP) is -1.52. The molecule has 0 radical (unpaired) electrons. The number of rotatable bonds is 2. The van der Waals surface area contributed by atoms with Crippen LogP contribution in [0.5, 0.6) is 0 Å². The van der Waals surface area contributed by atoms with Crippen molar-refractivity contribution in [1.82, 2.24) is 5.32 Å². The van der Waals surface area contributed by atoms with Crippen LogP contribution in [0, 0.1) is 5.41 Å². The van der Waals surface area contributed by atoms with Crippen LogP contribution in [0.15, 0.2) is 0 Å². The number of nitrogens with one attached hydrogen (secondary N) is 1. The second-order valence-corrected chi connectivity index (χ2v) is 2.77. The fourth-order valence-electron chi connectivity index (χ4n) is 1.03. The Morgan fingerprint density at radius 2 is 2.10 bits per heavy atom. The normalized spacial score (nSPS) is 22.8. The highest BCUT2D eigenvalue weighted by atomic mass is 16.3. The molecule has 0 unspecified atom stereocenters. The van der Waals surface area contributed by atoms with Gasteiger partial charge in [-0.15, -0.1) is 0 Å². The Labute approximate surface area is 58.9 Å². The number of hydrogen-bond acceptors (Lipinski definition) is 3. The molecule has 0 aromatic heterocycles. The van der Waals surface area contributed by atoms with E-state index >= 15 is 0 Å². The van der Waals surface area contributed by atoms with Crippen molar-refractivity contribution in [2.45, 2.75) is 6.42 Å². The first-order valence-electron chi connectivity index (χ1n) is 3.21. The average Bonchev–Trinajstić information content (AvgIpc) is 2.33. The molecule has 0 atom stereocenters. The standard InChI is InChI=1S/C6H11NO3/c8-3-6(4-9)1-5(10)7-2-6/h8-9H,1-4H2,(H,7,10). The van der Waals surface area contributed by atoms with Gasteiger partial charge in [-0.05, 0) is 0 Å². The van der Waals surface area contributed by atoms with Crippen LogP contribution >= 0.6 is 0 Å². The first-order valence-corrected chi connectivity index (χ1v) is 3.21. The Bertz CT molecular complexity index is 142. The molecule has 4 nitrogen and oxygen atoms in total. The van der Waals surface area contributed by atoms with Gasteiger partial charge in [-0.3, -0.25) is 4.79 Å². The molecule has 0 spiro atoms. The van der Waals surface area contributed by atoms with Crippen molar-refractivity contribution in [3.8, 4) is 0 Å². The van der Waals surface area contributed by atoms with Gasteiger partial charge >= 0.3 is 0 Å². The minimum atomic E-state index is -0.600. The second kappa shape index (κ2) is 2.56. The second-order valence-electron chi connectivity index (χ2n) is 2.77. The van der Waals surface area contributed by atoms with Gasteiger partial charge in [0.25, 0.3) is 0 Å². The highest BCUT2D eigenvalue weighted by Gasteiger charge is 2.37. The highest BCUT2D eigenvalue weighted by Crippen LogP contribution is 2.23. The summed E-state index contributed by atoms with van der Waals surface area (Å²) >= 11 is 0. The molecule has 0 aromatic rings. The van der Waals surface area contributed by atoms with Crippen molar-refractivity contribution < 1.29 is 15.0 Å². The van der Waals surface area contributed by atoms with Gasteiger partial charge in [-0.25, -0.2) is 0 Å². The zero-order valence-corrected chi connectivity index (χ0v) is 5.63. The molecule has 10 heavy (non-hydrogen) atoms. The fourth-order valence-corrected chi connectivity index (χ4v) is 1.03. The molecular formula is C6H11NO3. The maximum absolute atomic E-state index is 10.6. The lowest BCUT2D eigenvalue weighted by molar-refractivity contribution is -0.120. The number of carbonyl (C=O) groups is 1. The van der Waals surface area contributed by atoms with Crippen molar-refractivity contribution in [1.29, 1.82) is 0 Å². The van der Waals surface area contributed by atoms with Crippen molar-refractivity contribution in [2.24, 2.45) is 5.41 Å². The molecule has 1 amide bonds. The molecule has 1 aliphatic heterocycles. The van der Waals surface area contributed by atoms with E-state index in [0.29, 0.717) is 6.54 Å². The smallest absolute Gasteiger partial charge is 0.220 e. The van der Waals surface area contributed by atoms with Gasteiger partial charge in [0.05, 0.1) is 13.2 Å². The van der Waals surface area contributed by atoms with Gasteiger partial charge in [0.15, 0.2) is 0 Å². The van der Waals surface area contributed by atoms with Crippen LogP contribution in [0.25, 0.3) is 0 Å². The van der Waals surface area contributed by atoms with Gasteiger partial charge in [-0.1, -0.05) is 0 Å². The first kappa shape index (κ1) is 7.50. The van der Waals surface area contributed by atoms with E-state index in [0.717, 1.165) is 0 Å². The lowest BCUT2D eigenvalue weighted by Crippen LogP contribution is -2.31. The Hall–Kier alpha value is -0.610. The lowest BCUT2D eigenvalue weighted by Gasteiger charge is -2.19. The quantitative estimate of drug-likeness (QED) is 0.442. The lowest BCUT2D eigenvalue weighted by atomic mass is 9.89. The van der Waals surface area contributed by atoms with Gasteiger partial charge in [0.1, 0.15) is 0 Å². The molecule has 1 rings (SSSR count). The van der Waals surface area contributed by atoms with E-state index in [2.05, 4.69) is 5.32 Å². The number of aliphatic hydroxyl groups excluding tert-OH is 2. The summed E-state index contributed by atoms with van der Waals surface area (Å²) in [6.45, 7) is 0.114. The summed E-state index contributed by atoms with van der Waals surface area (Å²) in [7, 11) is 0. The first-order chi connectivity index (χ1) is 4.72. The summed E-state index contributed by atoms with van der Waals surface area (Å²) in [5.74, 6) is -0.0944. The molecule has 4 heteroatoms. The van der Waals surface area contributed by atoms with Crippen LogP contribution in [-0.2, 0) is 4.79 Å². The summed E-state index contributed by atoms with van der Waals surface area (Å²) < 4.78 is 0. The van der Waals surface area contributed by atoms with Gasteiger partial charge in [0.2, 0.25) is 5.91 Å². The minimum Gasteiger partial charge on any atom is -0.396 e. The monoisotopic (exact) mass is 145 g/mol. The minimum absolute atomic E-state index is 0.0944. The summed E-state index contributed by atoms with van der Waals surface area (Å²) in [5, 5.41) is 20.1. The number of aliphatic hydroxyl groups is 2. The molecule has 0 saturated carbocycles. The van der Waals surface area contributed by atoms with E-state index in [1.54, 1.807) is 0 Å². The Morgan fingerprint density at radius 3 is 2.30 bits per heavy atom. The summed E-state index contributed by atoms with van der Waals surface area (Å²) in [5.41, 5.74) is -0.600. The average molecular weight is 145 g/mol. The molecule has 1 fully saturated rings. The molecule has 58 valence electrons. The van der Waals surface area contributed by atoms with Crippen LogP contribution in [0.3, 0.4) is 0 Å². The van der Waals surface area contributed by atoms with E-state index in [4.69, 9.17) is 10.2 Å². The SMILES string of the molecule is O=C1CC(CO)(CO)CN1. The van der Waals surface area contributed by atoms with Crippen molar-refractivity contribution in [3.05, 3.63) is 0 Å². The summed E-state index contributed by atoms with van der Waals surface area (Å²) in [4.78, 5) is 10.6. The van der Waals surface area contributed by atoms with Crippen molar-refractivity contribution in [3.63, 3.8) is 0 Å². The molecular weight excluding hydrogens is 134 g/mol. The van der Waals surface area contributed by atoms with E-state index in [9.17, 15) is 4.79 Å². The third kappa shape index (κ3) is 1.12. The highest BCUT2D eigenvalue weighted by molar-refractivity contribution is 5.79. The number of hydrogen-bond donors (Lipinski definition) is 3. The van der Waals surface area contributed by atoms with Crippen LogP contribution in [0.4, 0.5) is 0 Å². The van der Waals surface area contributed by atoms with Crippen LogP contribution in [0.2, 0.25) is 0 Å². The van der Waals surface area contributed by atoms with E-state index in [1.165, 1.54) is 0 Å². The van der Waals surface area contributed by atoms with Crippen LogP contribution in [0.1, 0.15) is 6.42 Å². The van der Waals surface area contributed by atoms with Crippen molar-refractivity contribution >= 4 is 5.91 Å². The molecule has 1 heterocycles. The van der Waals surface area contributed by atoms with Gasteiger partial charge < -0.3 is 15.5 Å². The topological polar surface area (TPSA) is 69.6 Å². The maximum Gasteiger partial charge on any atom is 0.220 e. The third-order valence-electron chi connectivity index (χ3n) is 1.87. The zero-order valence-electron chi connectivity index (χ0n) is 5.63. The summed E-state index contributed by atoms with van der Waals surface area (Å²) in [6.07, 6.45) is 0.236.